The molecular formula is C7H6BrFN. The van der Waals surface area contributed by atoms with Gasteiger partial charge in [0.15, 0.2) is 0 Å². The number of rotatable bonds is 1. The number of nitrogens with one attached hydrogen (secondary N) is 1. The van der Waals surface area contributed by atoms with Crippen molar-refractivity contribution in [2.45, 2.75) is 0 Å². The average Bonchev–Trinajstić information content (AvgIpc) is 1.88. The molecule has 0 aromatic heterocycles. The third-order valence-electron chi connectivity index (χ3n) is 1.12. The smallest absolute Gasteiger partial charge is 0.147 e. The van der Waals surface area contributed by atoms with Gasteiger partial charge in [0, 0.05) is 11.5 Å². The van der Waals surface area contributed by atoms with Crippen molar-refractivity contribution >= 4 is 21.6 Å². The summed E-state index contributed by atoms with van der Waals surface area (Å²) in [4.78, 5) is 0. The lowest BCUT2D eigenvalue weighted by molar-refractivity contribution is 0.631. The molecule has 1 radical (unpaired) electrons. The van der Waals surface area contributed by atoms with E-state index in [4.69, 9.17) is 0 Å². The highest BCUT2D eigenvalue weighted by Gasteiger charge is 1.97. The monoisotopic (exact) mass is 202 g/mol. The maximum Gasteiger partial charge on any atom is 0.147 e. The minimum Gasteiger partial charge on any atom is -0.381 e. The molecule has 53 valence electrons. The number of hydrogen-bond acceptors (Lipinski definition) is 1. The van der Waals surface area contributed by atoms with Crippen molar-refractivity contribution in [3.63, 3.8) is 0 Å². The maximum atomic E-state index is 12.7. The van der Waals surface area contributed by atoms with Gasteiger partial charge in [0.2, 0.25) is 0 Å². The molecule has 1 aromatic carbocycles. The van der Waals surface area contributed by atoms with Crippen molar-refractivity contribution in [1.82, 2.24) is 0 Å². The van der Waals surface area contributed by atoms with Gasteiger partial charge in [-0.1, -0.05) is 15.9 Å². The number of hydrogen-bond donors (Lipinski definition) is 1. The minimum absolute atomic E-state index is 0.302. The van der Waals surface area contributed by atoms with Gasteiger partial charge in [-0.15, -0.1) is 0 Å². The molecule has 0 amide bonds. The summed E-state index contributed by atoms with van der Waals surface area (Å²) < 4.78 is 13.4. The molecule has 10 heavy (non-hydrogen) atoms. The summed E-state index contributed by atoms with van der Waals surface area (Å²) in [6.45, 7) is 0. The second-order valence-electron chi connectivity index (χ2n) is 1.80. The Balaban J connectivity index is 3.07. The van der Waals surface area contributed by atoms with Gasteiger partial charge >= 0.3 is 0 Å². The Morgan fingerprint density at radius 1 is 1.50 bits per heavy atom. The predicted octanol–water partition coefficient (Wildman–Crippen LogP) is 2.79. The van der Waals surface area contributed by atoms with Crippen LogP contribution in [0.15, 0.2) is 22.7 Å². The molecule has 0 bridgehead atoms. The molecule has 0 aliphatic rings. The Bertz CT molecular complexity index is 237. The molecule has 0 saturated heterocycles. The van der Waals surface area contributed by atoms with Crippen LogP contribution in [0.25, 0.3) is 0 Å². The average molecular weight is 203 g/mol. The van der Waals surface area contributed by atoms with E-state index < -0.39 is 0 Å². The summed E-state index contributed by atoms with van der Waals surface area (Å²) in [6, 6.07) is 4.75. The molecule has 0 atom stereocenters. The van der Waals surface area contributed by atoms with Crippen LogP contribution in [0.2, 0.25) is 0 Å². The molecule has 3 heteroatoms. The molecule has 1 aromatic rings. The molecule has 1 rings (SSSR count). The largest absolute Gasteiger partial charge is 0.381 e. The molecule has 0 spiro atoms. The van der Waals surface area contributed by atoms with Crippen LogP contribution in [0, 0.1) is 12.9 Å². The molecule has 0 aliphatic carbocycles. The summed E-state index contributed by atoms with van der Waals surface area (Å²) >= 11 is 3.14. The molecule has 0 heterocycles. The SMILES string of the molecule is [CH2]Nc1ccc(Br)cc1F. The van der Waals surface area contributed by atoms with Gasteiger partial charge in [0.1, 0.15) is 5.82 Å². The maximum absolute atomic E-state index is 12.7. The van der Waals surface area contributed by atoms with Crippen molar-refractivity contribution in [2.24, 2.45) is 0 Å². The third-order valence-corrected chi connectivity index (χ3v) is 1.61. The molecule has 0 fully saturated rings. The third kappa shape index (κ3) is 1.48. The number of benzene rings is 1. The van der Waals surface area contributed by atoms with Crippen LogP contribution < -0.4 is 5.32 Å². The zero-order valence-electron chi connectivity index (χ0n) is 5.20. The van der Waals surface area contributed by atoms with Gasteiger partial charge in [0.25, 0.3) is 0 Å². The fourth-order valence-electron chi connectivity index (χ4n) is 0.633. The molecular weight excluding hydrogens is 197 g/mol. The Morgan fingerprint density at radius 2 is 2.20 bits per heavy atom. The Labute approximate surface area is 67.4 Å². The fourth-order valence-corrected chi connectivity index (χ4v) is 0.966. The minimum atomic E-state index is -0.302. The lowest BCUT2D eigenvalue weighted by atomic mass is 10.3. The van der Waals surface area contributed by atoms with Crippen LogP contribution in [0.3, 0.4) is 0 Å². The van der Waals surface area contributed by atoms with Gasteiger partial charge in [0.05, 0.1) is 5.69 Å². The Hall–Kier alpha value is -0.570. The molecule has 1 N–H and O–H groups in total. The first kappa shape index (κ1) is 7.54. The van der Waals surface area contributed by atoms with Crippen molar-refractivity contribution < 1.29 is 4.39 Å². The van der Waals surface area contributed by atoms with Crippen LogP contribution in [0.4, 0.5) is 10.1 Å². The quantitative estimate of drug-likeness (QED) is 0.739. The highest BCUT2D eigenvalue weighted by Crippen LogP contribution is 2.18. The van der Waals surface area contributed by atoms with E-state index >= 15 is 0 Å². The lowest BCUT2D eigenvalue weighted by Crippen LogP contribution is -1.88. The van der Waals surface area contributed by atoms with E-state index in [0.717, 1.165) is 4.47 Å². The predicted molar refractivity (Wildman–Crippen MR) is 43.1 cm³/mol. The summed E-state index contributed by atoms with van der Waals surface area (Å²) in [6.07, 6.45) is 0. The van der Waals surface area contributed by atoms with E-state index in [2.05, 4.69) is 28.3 Å². The van der Waals surface area contributed by atoms with Crippen molar-refractivity contribution in [3.05, 3.63) is 35.5 Å². The van der Waals surface area contributed by atoms with Crippen LogP contribution in [-0.2, 0) is 0 Å². The van der Waals surface area contributed by atoms with Crippen LogP contribution in [-0.4, -0.2) is 0 Å². The fraction of sp³-hybridized carbons (Fsp3) is 0. The Morgan fingerprint density at radius 3 is 2.70 bits per heavy atom. The van der Waals surface area contributed by atoms with E-state index in [1.165, 1.54) is 6.07 Å². The van der Waals surface area contributed by atoms with Gasteiger partial charge in [-0.3, -0.25) is 0 Å². The van der Waals surface area contributed by atoms with E-state index in [9.17, 15) is 4.39 Å². The zero-order valence-corrected chi connectivity index (χ0v) is 6.78. The standard InChI is InChI=1S/C7H6BrFN/c1-10-7-3-2-5(8)4-6(7)9/h2-4,10H,1H2. The van der Waals surface area contributed by atoms with Gasteiger partial charge in [-0.2, -0.15) is 0 Å². The van der Waals surface area contributed by atoms with Gasteiger partial charge < -0.3 is 5.32 Å². The topological polar surface area (TPSA) is 12.0 Å². The summed E-state index contributed by atoms with van der Waals surface area (Å²) in [7, 11) is 3.34. The molecule has 0 saturated carbocycles. The van der Waals surface area contributed by atoms with Crippen LogP contribution >= 0.6 is 15.9 Å². The number of halogens is 2. The molecule has 0 unspecified atom stereocenters. The second-order valence-corrected chi connectivity index (χ2v) is 2.72. The Kier molecular flexibility index (Phi) is 2.27. The number of anilines is 1. The van der Waals surface area contributed by atoms with E-state index in [1.54, 1.807) is 12.1 Å². The zero-order chi connectivity index (χ0) is 7.56. The van der Waals surface area contributed by atoms with Crippen molar-refractivity contribution in [3.8, 4) is 0 Å². The summed E-state index contributed by atoms with van der Waals surface area (Å²) in [5.74, 6) is -0.302. The highest BCUT2D eigenvalue weighted by molar-refractivity contribution is 9.10. The summed E-state index contributed by atoms with van der Waals surface area (Å²) in [5, 5.41) is 2.48. The van der Waals surface area contributed by atoms with Gasteiger partial charge in [-0.25, -0.2) is 4.39 Å². The molecule has 0 aliphatic heterocycles. The highest BCUT2D eigenvalue weighted by atomic mass is 79.9. The van der Waals surface area contributed by atoms with Crippen molar-refractivity contribution in [2.75, 3.05) is 5.32 Å². The first-order chi connectivity index (χ1) is 4.74. The van der Waals surface area contributed by atoms with E-state index in [1.807, 2.05) is 0 Å². The first-order valence-electron chi connectivity index (χ1n) is 2.72. The normalized spacial score (nSPS) is 9.50. The summed E-state index contributed by atoms with van der Waals surface area (Å²) in [5.41, 5.74) is 0.406. The van der Waals surface area contributed by atoms with Gasteiger partial charge in [-0.05, 0) is 18.2 Å². The first-order valence-corrected chi connectivity index (χ1v) is 3.51. The van der Waals surface area contributed by atoms with Crippen molar-refractivity contribution in [1.29, 1.82) is 0 Å². The lowest BCUT2D eigenvalue weighted by Gasteiger charge is -2.00. The van der Waals surface area contributed by atoms with Crippen LogP contribution in [0.1, 0.15) is 0 Å². The second kappa shape index (κ2) is 3.01. The molecule has 1 nitrogen and oxygen atoms in total. The van der Waals surface area contributed by atoms with Crippen LogP contribution in [0.5, 0.6) is 0 Å². The van der Waals surface area contributed by atoms with E-state index in [0.29, 0.717) is 5.69 Å². The van der Waals surface area contributed by atoms with E-state index in [-0.39, 0.29) is 5.82 Å².